The van der Waals surface area contributed by atoms with E-state index >= 15 is 0 Å². The van der Waals surface area contributed by atoms with Crippen molar-refractivity contribution >= 4 is 5.97 Å². The number of carbonyl (C=O) groups is 1. The van der Waals surface area contributed by atoms with Crippen molar-refractivity contribution in [2.24, 2.45) is 5.73 Å². The summed E-state index contributed by atoms with van der Waals surface area (Å²) in [5.74, 6) is -6.89. The molecule has 3 aromatic rings. The molecule has 250 valence electrons. The molecule has 4 rings (SSSR count). The SMILES string of the molecule is NCCOCCOCCOCCOC1c2c(O)cc(O)cc2OC(c2cc(O)c(O)c(O)c2)C1OC(=O)c1cc(O)c(O)c(O)c1. The van der Waals surface area contributed by atoms with Crippen LogP contribution in [0.1, 0.15) is 33.7 Å². The molecule has 0 amide bonds. The highest BCUT2D eigenvalue weighted by atomic mass is 16.6. The quantitative estimate of drug-likeness (QED) is 0.0645. The number of nitrogens with two attached hydrogens (primary N) is 1. The molecule has 1 aliphatic rings. The van der Waals surface area contributed by atoms with Crippen molar-refractivity contribution in [3.05, 3.63) is 53.1 Å². The summed E-state index contributed by atoms with van der Waals surface area (Å²) >= 11 is 0. The van der Waals surface area contributed by atoms with E-state index in [1.165, 1.54) is 0 Å². The zero-order valence-corrected chi connectivity index (χ0v) is 24.4. The smallest absolute Gasteiger partial charge is 0.338 e. The van der Waals surface area contributed by atoms with Crippen LogP contribution >= 0.6 is 0 Å². The monoisotopic (exact) mass is 649 g/mol. The van der Waals surface area contributed by atoms with Gasteiger partial charge in [-0.2, -0.15) is 0 Å². The number of rotatable bonds is 15. The molecule has 3 atom stereocenters. The van der Waals surface area contributed by atoms with Crippen LogP contribution in [0.25, 0.3) is 0 Å². The van der Waals surface area contributed by atoms with Crippen LogP contribution in [0.15, 0.2) is 36.4 Å². The lowest BCUT2D eigenvalue weighted by atomic mass is 9.90. The fourth-order valence-electron chi connectivity index (χ4n) is 4.63. The predicted octanol–water partition coefficient (Wildman–Crippen LogP) is 1.76. The van der Waals surface area contributed by atoms with E-state index in [1.807, 2.05) is 0 Å². The minimum Gasteiger partial charge on any atom is -0.508 e. The molecule has 0 fully saturated rings. The fraction of sp³-hybridized carbons (Fsp3) is 0.367. The van der Waals surface area contributed by atoms with E-state index in [2.05, 4.69) is 0 Å². The molecule has 0 bridgehead atoms. The third kappa shape index (κ3) is 8.04. The Hall–Kier alpha value is -4.87. The lowest BCUT2D eigenvalue weighted by molar-refractivity contribution is -0.118. The van der Waals surface area contributed by atoms with Gasteiger partial charge in [-0.3, -0.25) is 0 Å². The Kier molecular flexibility index (Phi) is 11.4. The van der Waals surface area contributed by atoms with Gasteiger partial charge in [-0.25, -0.2) is 4.79 Å². The molecule has 1 aliphatic heterocycles. The Labute approximate surface area is 261 Å². The zero-order valence-electron chi connectivity index (χ0n) is 24.4. The van der Waals surface area contributed by atoms with Gasteiger partial charge in [0.05, 0.1) is 57.4 Å². The molecule has 0 aromatic heterocycles. The first-order chi connectivity index (χ1) is 22.0. The lowest BCUT2D eigenvalue weighted by Crippen LogP contribution is -2.40. The Bertz CT molecular complexity index is 1470. The number of phenols is 8. The summed E-state index contributed by atoms with van der Waals surface area (Å²) in [4.78, 5) is 13.3. The van der Waals surface area contributed by atoms with Gasteiger partial charge in [0.25, 0.3) is 0 Å². The first-order valence-electron chi connectivity index (χ1n) is 14.0. The summed E-state index contributed by atoms with van der Waals surface area (Å²) in [7, 11) is 0. The van der Waals surface area contributed by atoms with Crippen molar-refractivity contribution in [2.75, 3.05) is 52.8 Å². The summed E-state index contributed by atoms with van der Waals surface area (Å²) in [6.45, 7) is 1.90. The summed E-state index contributed by atoms with van der Waals surface area (Å²) in [6, 6.07) is 5.93. The van der Waals surface area contributed by atoms with Crippen LogP contribution in [0.2, 0.25) is 0 Å². The average Bonchev–Trinajstić information content (AvgIpc) is 3.01. The standard InChI is InChI=1S/C30H35NO15/c31-1-2-41-3-4-42-5-6-43-7-8-44-28-24-18(33)13-17(32)14-23(24)45-27(15-9-19(34)25(38)20(35)10-15)29(28)46-30(40)16-11-21(36)26(39)22(37)12-16/h9-14,27-29,32-39H,1-8,31H2. The van der Waals surface area contributed by atoms with Gasteiger partial charge in [-0.05, 0) is 24.3 Å². The molecule has 16 heteroatoms. The van der Waals surface area contributed by atoms with Gasteiger partial charge in [0, 0.05) is 24.2 Å². The highest BCUT2D eigenvalue weighted by molar-refractivity contribution is 5.91. The highest BCUT2D eigenvalue weighted by Crippen LogP contribution is 2.51. The summed E-state index contributed by atoms with van der Waals surface area (Å²) < 4.78 is 33.9. The topological polar surface area (TPSA) is 260 Å². The molecule has 0 radical (unpaired) electrons. The molecule has 0 saturated heterocycles. The Morgan fingerprint density at radius 2 is 1.20 bits per heavy atom. The molecule has 0 saturated carbocycles. The number of esters is 1. The Morgan fingerprint density at radius 3 is 1.76 bits per heavy atom. The second-order valence-corrected chi connectivity index (χ2v) is 9.97. The maximum Gasteiger partial charge on any atom is 0.338 e. The zero-order chi connectivity index (χ0) is 33.4. The number of carbonyl (C=O) groups excluding carboxylic acids is 1. The highest BCUT2D eigenvalue weighted by Gasteiger charge is 2.45. The molecule has 46 heavy (non-hydrogen) atoms. The number of hydrogen-bond donors (Lipinski definition) is 9. The molecular formula is C30H35NO15. The number of phenolic OH excluding ortho intramolecular Hbond substituents is 8. The largest absolute Gasteiger partial charge is 0.508 e. The minimum absolute atomic E-state index is 0.0182. The van der Waals surface area contributed by atoms with Crippen molar-refractivity contribution in [1.29, 1.82) is 0 Å². The van der Waals surface area contributed by atoms with Crippen molar-refractivity contribution in [2.45, 2.75) is 18.3 Å². The molecule has 1 heterocycles. The van der Waals surface area contributed by atoms with Crippen molar-refractivity contribution in [3.8, 4) is 51.7 Å². The van der Waals surface area contributed by atoms with Gasteiger partial charge in [-0.1, -0.05) is 0 Å². The second-order valence-electron chi connectivity index (χ2n) is 9.97. The fourth-order valence-corrected chi connectivity index (χ4v) is 4.63. The van der Waals surface area contributed by atoms with E-state index < -0.39 is 64.5 Å². The van der Waals surface area contributed by atoms with Gasteiger partial charge >= 0.3 is 5.97 Å². The van der Waals surface area contributed by atoms with Crippen LogP contribution in [0, 0.1) is 0 Å². The number of benzene rings is 3. The molecule has 3 aromatic carbocycles. The average molecular weight is 650 g/mol. The first-order valence-corrected chi connectivity index (χ1v) is 14.0. The van der Waals surface area contributed by atoms with E-state index in [0.29, 0.717) is 26.4 Å². The molecular weight excluding hydrogens is 614 g/mol. The molecule has 0 aliphatic carbocycles. The minimum atomic E-state index is -1.52. The summed E-state index contributed by atoms with van der Waals surface area (Å²) in [6.07, 6.45) is -4.26. The van der Waals surface area contributed by atoms with E-state index in [9.17, 15) is 45.6 Å². The molecule has 0 spiro atoms. The third-order valence-electron chi connectivity index (χ3n) is 6.74. The Morgan fingerprint density at radius 1 is 0.674 bits per heavy atom. The normalized spacial score (nSPS) is 17.3. The van der Waals surface area contributed by atoms with Gasteiger partial charge in [0.1, 0.15) is 23.4 Å². The van der Waals surface area contributed by atoms with Crippen molar-refractivity contribution in [3.63, 3.8) is 0 Å². The van der Waals surface area contributed by atoms with Crippen LogP contribution < -0.4 is 10.5 Å². The third-order valence-corrected chi connectivity index (χ3v) is 6.74. The van der Waals surface area contributed by atoms with Crippen LogP contribution in [0.4, 0.5) is 0 Å². The van der Waals surface area contributed by atoms with Crippen LogP contribution in [0.5, 0.6) is 51.7 Å². The summed E-state index contributed by atoms with van der Waals surface area (Å²) in [5, 5.41) is 80.8. The van der Waals surface area contributed by atoms with E-state index in [-0.39, 0.29) is 54.6 Å². The van der Waals surface area contributed by atoms with Crippen LogP contribution in [-0.4, -0.2) is 106 Å². The van der Waals surface area contributed by atoms with Crippen molar-refractivity contribution in [1.82, 2.24) is 0 Å². The first kappa shape index (κ1) is 34.0. The van der Waals surface area contributed by atoms with Crippen LogP contribution in [-0.2, 0) is 23.7 Å². The van der Waals surface area contributed by atoms with Gasteiger partial charge in [-0.15, -0.1) is 0 Å². The van der Waals surface area contributed by atoms with E-state index in [0.717, 1.165) is 36.4 Å². The molecule has 3 unspecified atom stereocenters. The Balaban J connectivity index is 1.61. The molecule has 16 nitrogen and oxygen atoms in total. The second kappa shape index (κ2) is 15.4. The number of aromatic hydroxyl groups is 8. The van der Waals surface area contributed by atoms with Crippen LogP contribution in [0.3, 0.4) is 0 Å². The predicted molar refractivity (Wildman–Crippen MR) is 155 cm³/mol. The van der Waals surface area contributed by atoms with Gasteiger partial charge in [0.15, 0.2) is 46.7 Å². The molecule has 10 N–H and O–H groups in total. The maximum absolute atomic E-state index is 13.3. The van der Waals surface area contributed by atoms with Crippen molar-refractivity contribution < 1.29 is 74.1 Å². The number of ether oxygens (including phenoxy) is 6. The number of hydrogen-bond acceptors (Lipinski definition) is 16. The maximum atomic E-state index is 13.3. The van der Waals surface area contributed by atoms with Gasteiger partial charge in [0.2, 0.25) is 0 Å². The van der Waals surface area contributed by atoms with Gasteiger partial charge < -0.3 is 75.0 Å². The van der Waals surface area contributed by atoms with E-state index in [4.69, 9.17) is 34.2 Å². The number of fused-ring (bicyclic) bond motifs is 1. The summed E-state index contributed by atoms with van der Waals surface area (Å²) in [5.41, 5.74) is 4.91. The van der Waals surface area contributed by atoms with E-state index in [1.54, 1.807) is 0 Å². The lowest BCUT2D eigenvalue weighted by Gasteiger charge is -2.39.